The Balaban J connectivity index is 2.09. The van der Waals surface area contributed by atoms with Crippen LogP contribution in [0.2, 0.25) is 0 Å². The number of anilines is 1. The van der Waals surface area contributed by atoms with Gasteiger partial charge >= 0.3 is 0 Å². The predicted octanol–water partition coefficient (Wildman–Crippen LogP) is 2.30. The Morgan fingerprint density at radius 1 is 1.22 bits per heavy atom. The molecule has 0 spiro atoms. The zero-order valence-corrected chi connectivity index (χ0v) is 10.2. The van der Waals surface area contributed by atoms with Gasteiger partial charge in [-0.1, -0.05) is 18.2 Å². The second-order valence-electron chi connectivity index (χ2n) is 4.17. The lowest BCUT2D eigenvalue weighted by Gasteiger charge is -2.07. The Morgan fingerprint density at radius 2 is 2.06 bits per heavy atom. The summed E-state index contributed by atoms with van der Waals surface area (Å²) in [5.74, 6) is 0.0154. The molecular weight excluding hydrogens is 226 g/mol. The van der Waals surface area contributed by atoms with E-state index < -0.39 is 0 Å². The fourth-order valence-electron chi connectivity index (χ4n) is 1.85. The lowest BCUT2D eigenvalue weighted by molar-refractivity contribution is -0.116. The molecule has 0 aliphatic rings. The maximum absolute atomic E-state index is 11.8. The van der Waals surface area contributed by atoms with Gasteiger partial charge in [0.25, 0.3) is 0 Å². The van der Waals surface area contributed by atoms with E-state index in [0.717, 1.165) is 29.4 Å². The first kappa shape index (κ1) is 12.5. The summed E-state index contributed by atoms with van der Waals surface area (Å²) in [4.78, 5) is 16.0. The van der Waals surface area contributed by atoms with Crippen LogP contribution in [-0.4, -0.2) is 17.4 Å². The van der Waals surface area contributed by atoms with Crippen LogP contribution < -0.4 is 11.1 Å². The third-order valence-electron chi connectivity index (χ3n) is 2.76. The molecular formula is C14H17N3O. The van der Waals surface area contributed by atoms with Crippen molar-refractivity contribution in [3.63, 3.8) is 0 Å². The van der Waals surface area contributed by atoms with Crippen molar-refractivity contribution in [3.8, 4) is 0 Å². The molecule has 1 heterocycles. The highest BCUT2D eigenvalue weighted by molar-refractivity contribution is 6.00. The van der Waals surface area contributed by atoms with Gasteiger partial charge in [-0.2, -0.15) is 0 Å². The third kappa shape index (κ3) is 3.05. The number of nitrogens with one attached hydrogen (secondary N) is 1. The molecule has 94 valence electrons. The van der Waals surface area contributed by atoms with Crippen molar-refractivity contribution in [3.05, 3.63) is 36.5 Å². The van der Waals surface area contributed by atoms with E-state index in [1.165, 1.54) is 0 Å². The Hall–Kier alpha value is -1.94. The standard InChI is InChI=1S/C14H17N3O/c15-9-2-1-8-13(18)17-12-7-3-5-11-6-4-10-16-14(11)12/h3-7,10H,1-2,8-9,15H2,(H,17,18). The maximum atomic E-state index is 11.8. The molecule has 0 aliphatic heterocycles. The fraction of sp³-hybridized carbons (Fsp3) is 0.286. The minimum atomic E-state index is 0.0154. The molecule has 3 N–H and O–H groups in total. The lowest BCUT2D eigenvalue weighted by atomic mass is 10.2. The van der Waals surface area contributed by atoms with Crippen molar-refractivity contribution >= 4 is 22.5 Å². The number of hydrogen-bond donors (Lipinski definition) is 2. The number of aromatic nitrogens is 1. The molecule has 4 nitrogen and oxygen atoms in total. The van der Waals surface area contributed by atoms with Gasteiger partial charge < -0.3 is 11.1 Å². The molecule has 0 radical (unpaired) electrons. The minimum Gasteiger partial charge on any atom is -0.330 e. The van der Waals surface area contributed by atoms with E-state index in [9.17, 15) is 4.79 Å². The van der Waals surface area contributed by atoms with E-state index >= 15 is 0 Å². The van der Waals surface area contributed by atoms with Crippen LogP contribution in [0.1, 0.15) is 19.3 Å². The molecule has 0 fully saturated rings. The van der Waals surface area contributed by atoms with Crippen molar-refractivity contribution in [2.75, 3.05) is 11.9 Å². The summed E-state index contributed by atoms with van der Waals surface area (Å²) in [6, 6.07) is 9.63. The number of carbonyl (C=O) groups excluding carboxylic acids is 1. The van der Waals surface area contributed by atoms with Gasteiger partial charge in [-0.15, -0.1) is 0 Å². The average Bonchev–Trinajstić information content (AvgIpc) is 2.39. The molecule has 18 heavy (non-hydrogen) atoms. The molecule has 0 saturated heterocycles. The van der Waals surface area contributed by atoms with Gasteiger partial charge in [0.1, 0.15) is 0 Å². The van der Waals surface area contributed by atoms with Crippen molar-refractivity contribution in [1.82, 2.24) is 4.98 Å². The molecule has 0 aliphatic carbocycles. The number of rotatable bonds is 5. The smallest absolute Gasteiger partial charge is 0.224 e. The molecule has 1 aromatic carbocycles. The Morgan fingerprint density at radius 3 is 2.89 bits per heavy atom. The van der Waals surface area contributed by atoms with E-state index in [4.69, 9.17) is 5.73 Å². The Kier molecular flexibility index (Phi) is 4.25. The summed E-state index contributed by atoms with van der Waals surface area (Å²) in [5.41, 5.74) is 7.00. The molecule has 2 rings (SSSR count). The fourth-order valence-corrected chi connectivity index (χ4v) is 1.85. The number of carbonyl (C=O) groups is 1. The Bertz CT molecular complexity index is 534. The zero-order chi connectivity index (χ0) is 12.8. The summed E-state index contributed by atoms with van der Waals surface area (Å²) in [6.45, 7) is 0.628. The van der Waals surface area contributed by atoms with Gasteiger partial charge in [-0.05, 0) is 31.5 Å². The summed E-state index contributed by atoms with van der Waals surface area (Å²) in [6.07, 6.45) is 3.93. The number of amides is 1. The van der Waals surface area contributed by atoms with E-state index in [0.29, 0.717) is 13.0 Å². The lowest BCUT2D eigenvalue weighted by Crippen LogP contribution is -2.12. The number of fused-ring (bicyclic) bond motifs is 1. The average molecular weight is 243 g/mol. The number of para-hydroxylation sites is 1. The van der Waals surface area contributed by atoms with Gasteiger partial charge in [0.05, 0.1) is 11.2 Å². The number of benzene rings is 1. The molecule has 2 aromatic rings. The molecule has 1 amide bonds. The van der Waals surface area contributed by atoms with E-state index in [2.05, 4.69) is 10.3 Å². The number of unbranched alkanes of at least 4 members (excludes halogenated alkanes) is 1. The van der Waals surface area contributed by atoms with Gasteiger partial charge in [0.2, 0.25) is 5.91 Å². The van der Waals surface area contributed by atoms with Crippen LogP contribution in [-0.2, 0) is 4.79 Å². The van der Waals surface area contributed by atoms with Crippen LogP contribution in [0.5, 0.6) is 0 Å². The van der Waals surface area contributed by atoms with Gasteiger partial charge in [-0.3, -0.25) is 9.78 Å². The second kappa shape index (κ2) is 6.12. The minimum absolute atomic E-state index is 0.0154. The predicted molar refractivity (Wildman–Crippen MR) is 73.3 cm³/mol. The van der Waals surface area contributed by atoms with E-state index in [1.54, 1.807) is 6.20 Å². The summed E-state index contributed by atoms with van der Waals surface area (Å²) in [5, 5.41) is 3.93. The molecule has 0 atom stereocenters. The molecule has 4 heteroatoms. The van der Waals surface area contributed by atoms with Crippen molar-refractivity contribution in [2.45, 2.75) is 19.3 Å². The first-order valence-electron chi connectivity index (χ1n) is 6.15. The molecule has 0 unspecified atom stereocenters. The van der Waals surface area contributed by atoms with Crippen LogP contribution in [0.15, 0.2) is 36.5 Å². The van der Waals surface area contributed by atoms with Crippen LogP contribution in [0.4, 0.5) is 5.69 Å². The quantitative estimate of drug-likeness (QED) is 0.792. The zero-order valence-electron chi connectivity index (χ0n) is 10.2. The number of hydrogen-bond acceptors (Lipinski definition) is 3. The van der Waals surface area contributed by atoms with Crippen LogP contribution in [0, 0.1) is 0 Å². The first-order valence-corrected chi connectivity index (χ1v) is 6.15. The topological polar surface area (TPSA) is 68.0 Å². The highest BCUT2D eigenvalue weighted by atomic mass is 16.1. The monoisotopic (exact) mass is 243 g/mol. The van der Waals surface area contributed by atoms with Crippen molar-refractivity contribution in [1.29, 1.82) is 0 Å². The number of nitrogens with zero attached hydrogens (tertiary/aromatic N) is 1. The molecule has 1 aromatic heterocycles. The van der Waals surface area contributed by atoms with Gasteiger partial charge in [0.15, 0.2) is 0 Å². The van der Waals surface area contributed by atoms with Crippen LogP contribution in [0.25, 0.3) is 10.9 Å². The second-order valence-corrected chi connectivity index (χ2v) is 4.17. The molecule has 0 bridgehead atoms. The number of nitrogens with two attached hydrogens (primary N) is 1. The normalized spacial score (nSPS) is 10.5. The summed E-state index contributed by atoms with van der Waals surface area (Å²) < 4.78 is 0. The molecule has 0 saturated carbocycles. The highest BCUT2D eigenvalue weighted by Gasteiger charge is 2.05. The van der Waals surface area contributed by atoms with E-state index in [-0.39, 0.29) is 5.91 Å². The largest absolute Gasteiger partial charge is 0.330 e. The van der Waals surface area contributed by atoms with E-state index in [1.807, 2.05) is 30.3 Å². The van der Waals surface area contributed by atoms with Gasteiger partial charge in [0, 0.05) is 18.0 Å². The first-order chi connectivity index (χ1) is 8.81. The number of pyridine rings is 1. The SMILES string of the molecule is NCCCCC(=O)Nc1cccc2cccnc12. The summed E-state index contributed by atoms with van der Waals surface area (Å²) >= 11 is 0. The maximum Gasteiger partial charge on any atom is 0.224 e. The van der Waals surface area contributed by atoms with Crippen LogP contribution >= 0.6 is 0 Å². The third-order valence-corrected chi connectivity index (χ3v) is 2.76. The van der Waals surface area contributed by atoms with Crippen molar-refractivity contribution in [2.24, 2.45) is 5.73 Å². The highest BCUT2D eigenvalue weighted by Crippen LogP contribution is 2.20. The Labute approximate surface area is 106 Å². The van der Waals surface area contributed by atoms with Crippen LogP contribution in [0.3, 0.4) is 0 Å². The van der Waals surface area contributed by atoms with Gasteiger partial charge in [-0.25, -0.2) is 0 Å². The van der Waals surface area contributed by atoms with Crippen molar-refractivity contribution < 1.29 is 4.79 Å². The summed E-state index contributed by atoms with van der Waals surface area (Å²) in [7, 11) is 0.